The van der Waals surface area contributed by atoms with E-state index in [9.17, 15) is 0 Å². The smallest absolute Gasteiger partial charge is 0.00977 e. The van der Waals surface area contributed by atoms with Crippen LogP contribution in [0.25, 0.3) is 0 Å². The Bertz CT molecular complexity index is 75.5. The van der Waals surface area contributed by atoms with Gasteiger partial charge in [0.05, 0.1) is 0 Å². The fourth-order valence-corrected chi connectivity index (χ4v) is 5.93. The second-order valence-electron chi connectivity index (χ2n) is 0.653. The summed E-state index contributed by atoms with van der Waals surface area (Å²) in [6.07, 6.45) is 0. The van der Waals surface area contributed by atoms with Crippen molar-refractivity contribution < 1.29 is 0 Å². The van der Waals surface area contributed by atoms with Crippen molar-refractivity contribution in [2.45, 2.75) is 0 Å². The predicted octanol–water partition coefficient (Wildman–Crippen LogP) is 3.58. The highest BCUT2D eigenvalue weighted by Gasteiger charge is 1.80. The van der Waals surface area contributed by atoms with Crippen LogP contribution in [0.2, 0.25) is 0 Å². The normalized spacial score (nSPS) is 24.0. The maximum atomic E-state index is 2.17. The monoisotopic (exact) mass is 152 g/mol. The molecule has 0 fully saturated rings. The molecule has 0 saturated carbocycles. The lowest BCUT2D eigenvalue weighted by Crippen LogP contribution is -1.31. The average molecular weight is 152 g/mol. The predicted molar refractivity (Wildman–Crippen MR) is 38.2 cm³/mol. The summed E-state index contributed by atoms with van der Waals surface area (Å²) in [6, 6.07) is 0. The van der Waals surface area contributed by atoms with E-state index < -0.39 is 0 Å². The van der Waals surface area contributed by atoms with Gasteiger partial charge in [0.2, 0.25) is 0 Å². The quantitative estimate of drug-likeness (QED) is 0.384. The van der Waals surface area contributed by atoms with Crippen molar-refractivity contribution in [2.75, 3.05) is 0 Å². The van der Waals surface area contributed by atoms with Crippen LogP contribution in [0.1, 0.15) is 0 Å². The van der Waals surface area contributed by atoms with Gasteiger partial charge in [0.15, 0.2) is 0 Å². The largest absolute Gasteiger partial charge is 0.0556 e. The second kappa shape index (κ2) is 3.10. The summed E-state index contributed by atoms with van der Waals surface area (Å²) in [7, 11) is 6.59. The highest BCUT2D eigenvalue weighted by atomic mass is 33.3. The SMILES string of the molecule is C1=CSSP=P1. The maximum absolute atomic E-state index is 2.17. The standard InChI is InChI=1S/C2H2P2S2/c1-2-5-6-4-3-1/h1-2H. The first-order chi connectivity index (χ1) is 3.00. The van der Waals surface area contributed by atoms with E-state index in [0.717, 1.165) is 0 Å². The minimum Gasteiger partial charge on any atom is -0.0556 e. The van der Waals surface area contributed by atoms with E-state index in [2.05, 4.69) is 11.2 Å². The van der Waals surface area contributed by atoms with Gasteiger partial charge in [-0.1, -0.05) is 10.8 Å². The van der Waals surface area contributed by atoms with Crippen LogP contribution in [0.4, 0.5) is 0 Å². The number of rotatable bonds is 0. The molecule has 0 atom stereocenters. The first kappa shape index (κ1) is 5.18. The van der Waals surface area contributed by atoms with Crippen molar-refractivity contribution in [3.63, 3.8) is 0 Å². The van der Waals surface area contributed by atoms with Crippen LogP contribution >= 0.6 is 36.1 Å². The van der Waals surface area contributed by atoms with Crippen LogP contribution in [0.15, 0.2) is 11.2 Å². The minimum absolute atomic E-state index is 1.43. The van der Waals surface area contributed by atoms with Gasteiger partial charge in [0.1, 0.15) is 0 Å². The molecule has 0 nitrogen and oxygen atoms in total. The van der Waals surface area contributed by atoms with E-state index in [-0.39, 0.29) is 0 Å². The zero-order valence-corrected chi connectivity index (χ0v) is 6.29. The first-order valence-electron chi connectivity index (χ1n) is 1.38. The van der Waals surface area contributed by atoms with Crippen LogP contribution in [-0.2, 0) is 0 Å². The highest BCUT2D eigenvalue weighted by Crippen LogP contribution is 2.45. The third-order valence-electron chi connectivity index (χ3n) is 0.307. The lowest BCUT2D eigenvalue weighted by atomic mass is 11.3. The van der Waals surface area contributed by atoms with Crippen molar-refractivity contribution in [2.24, 2.45) is 0 Å². The van der Waals surface area contributed by atoms with Gasteiger partial charge in [-0.2, -0.15) is 0 Å². The van der Waals surface area contributed by atoms with E-state index >= 15 is 0 Å². The van der Waals surface area contributed by atoms with E-state index in [4.69, 9.17) is 0 Å². The van der Waals surface area contributed by atoms with Crippen molar-refractivity contribution in [3.8, 4) is 0 Å². The number of hydrogen-bond acceptors (Lipinski definition) is 2. The molecule has 0 unspecified atom stereocenters. The fourth-order valence-electron chi connectivity index (χ4n) is 0.143. The molecule has 0 aromatic rings. The molecule has 6 heavy (non-hydrogen) atoms. The summed E-state index contributed by atoms with van der Waals surface area (Å²) < 4.78 is 0. The molecule has 4 heteroatoms. The Labute approximate surface area is 47.7 Å². The van der Waals surface area contributed by atoms with Crippen molar-refractivity contribution in [1.29, 1.82) is 0 Å². The molecule has 0 bridgehead atoms. The molecule has 32 valence electrons. The molecule has 0 saturated heterocycles. The summed E-state index contributed by atoms with van der Waals surface area (Å²) in [5.74, 6) is 2.17. The first-order valence-corrected chi connectivity index (χ1v) is 6.76. The lowest BCUT2D eigenvalue weighted by Gasteiger charge is -1.85. The Morgan fingerprint density at radius 3 is 2.67 bits per heavy atom. The van der Waals surface area contributed by atoms with Gasteiger partial charge < -0.3 is 0 Å². The van der Waals surface area contributed by atoms with Gasteiger partial charge in [0, 0.05) is 7.07 Å². The van der Waals surface area contributed by atoms with Crippen LogP contribution in [0.3, 0.4) is 0 Å². The fraction of sp³-hybridized carbons (Fsp3) is 0. The molecule has 1 aliphatic rings. The van der Waals surface area contributed by atoms with Gasteiger partial charge >= 0.3 is 0 Å². The van der Waals surface area contributed by atoms with Gasteiger partial charge in [-0.3, -0.25) is 0 Å². The zero-order valence-electron chi connectivity index (χ0n) is 2.87. The highest BCUT2D eigenvalue weighted by molar-refractivity contribution is 8.99. The summed E-state index contributed by atoms with van der Waals surface area (Å²) >= 11 is 0. The average Bonchev–Trinajstić information content (AvgIpc) is 1.72. The van der Waals surface area contributed by atoms with Gasteiger partial charge in [-0.05, 0) is 29.5 Å². The van der Waals surface area contributed by atoms with Crippen LogP contribution in [0, 0.1) is 0 Å². The molecule has 0 aromatic carbocycles. The Hall–Kier alpha value is 1.04. The molecule has 1 rings (SSSR count). The van der Waals surface area contributed by atoms with Crippen molar-refractivity contribution in [1.82, 2.24) is 0 Å². The van der Waals surface area contributed by atoms with Crippen LogP contribution in [-0.4, -0.2) is 0 Å². The third kappa shape index (κ3) is 1.66. The second-order valence-corrected chi connectivity index (χ2v) is 6.98. The Morgan fingerprint density at radius 2 is 2.50 bits per heavy atom. The Kier molecular flexibility index (Phi) is 2.67. The zero-order chi connectivity index (χ0) is 4.24. The van der Waals surface area contributed by atoms with E-state index in [1.807, 2.05) is 21.2 Å². The summed E-state index contributed by atoms with van der Waals surface area (Å²) in [6.45, 7) is 0. The number of hydrogen-bond donors (Lipinski definition) is 0. The Morgan fingerprint density at radius 1 is 1.50 bits per heavy atom. The molecule has 0 amide bonds. The molecular formula is C2H2P2S2. The molecule has 0 radical (unpaired) electrons. The van der Waals surface area contributed by atoms with Crippen molar-refractivity contribution in [3.05, 3.63) is 11.2 Å². The minimum atomic E-state index is 1.43. The summed E-state index contributed by atoms with van der Waals surface area (Å²) in [5, 5.41) is 2.13. The van der Waals surface area contributed by atoms with E-state index in [1.165, 1.54) is 14.9 Å². The van der Waals surface area contributed by atoms with Gasteiger partial charge in [-0.25, -0.2) is 0 Å². The molecule has 1 heterocycles. The van der Waals surface area contributed by atoms with Crippen molar-refractivity contribution >= 4 is 36.1 Å². The van der Waals surface area contributed by atoms with Gasteiger partial charge in [0.25, 0.3) is 0 Å². The lowest BCUT2D eigenvalue weighted by molar-refractivity contribution is 2.58. The van der Waals surface area contributed by atoms with E-state index in [0.29, 0.717) is 0 Å². The van der Waals surface area contributed by atoms with Crippen LogP contribution < -0.4 is 0 Å². The maximum Gasteiger partial charge on any atom is 0.00977 e. The molecule has 1 aliphatic heterocycles. The molecule has 0 aliphatic carbocycles. The van der Waals surface area contributed by atoms with Crippen LogP contribution in [0.5, 0.6) is 0 Å². The third-order valence-corrected chi connectivity index (χ3v) is 6.78. The molecule has 0 N–H and O–H groups in total. The molecular weight excluding hydrogens is 150 g/mol. The summed E-state index contributed by atoms with van der Waals surface area (Å²) in [4.78, 5) is 0. The molecule has 0 spiro atoms. The summed E-state index contributed by atoms with van der Waals surface area (Å²) in [5.41, 5.74) is 0. The molecule has 0 aromatic heterocycles. The topological polar surface area (TPSA) is 0 Å². The van der Waals surface area contributed by atoms with Gasteiger partial charge in [-0.15, -0.1) is 0 Å². The Balaban J connectivity index is 2.46. The van der Waals surface area contributed by atoms with E-state index in [1.54, 1.807) is 0 Å².